The summed E-state index contributed by atoms with van der Waals surface area (Å²) >= 11 is 0. The van der Waals surface area contributed by atoms with Gasteiger partial charge in [-0.05, 0) is 24.3 Å². The van der Waals surface area contributed by atoms with E-state index in [0.29, 0.717) is 24.3 Å². The summed E-state index contributed by atoms with van der Waals surface area (Å²) in [7, 11) is -5.72. The molecule has 0 amide bonds. The minimum atomic E-state index is -6.23. The zero-order valence-corrected chi connectivity index (χ0v) is 11.1. The third kappa shape index (κ3) is 4.00. The molecular weight excluding hydrogens is 349 g/mol. The van der Waals surface area contributed by atoms with Crippen molar-refractivity contribution in [3.63, 3.8) is 0 Å². The second-order valence-electron chi connectivity index (χ2n) is 4.10. The number of ether oxygens (including phenoxy) is 1. The first-order valence-electron chi connectivity index (χ1n) is 5.21. The van der Waals surface area contributed by atoms with Gasteiger partial charge in [-0.3, -0.25) is 4.55 Å². The Bertz CT molecular complexity index is 604. The lowest BCUT2D eigenvalue weighted by atomic mass is 10.1. The summed E-state index contributed by atoms with van der Waals surface area (Å²) in [6.45, 7) is 0. The number of hydrogen-bond donors (Lipinski definition) is 1. The zero-order chi connectivity index (χ0) is 17.4. The van der Waals surface area contributed by atoms with Gasteiger partial charge in [-0.15, -0.1) is 0 Å². The molecule has 0 aliphatic rings. The van der Waals surface area contributed by atoms with E-state index in [4.69, 9.17) is 4.55 Å². The highest BCUT2D eigenvalue weighted by Gasteiger charge is 2.75. The van der Waals surface area contributed by atoms with Crippen molar-refractivity contribution < 1.29 is 48.4 Å². The van der Waals surface area contributed by atoms with Crippen LogP contribution in [0.5, 0.6) is 5.75 Å². The Morgan fingerprint density at radius 1 is 0.955 bits per heavy atom. The lowest BCUT2D eigenvalue weighted by molar-refractivity contribution is -0.348. The molecule has 0 aliphatic heterocycles. The van der Waals surface area contributed by atoms with E-state index in [1.807, 2.05) is 0 Å². The molecule has 0 bridgehead atoms. The van der Waals surface area contributed by atoms with Crippen LogP contribution in [0.1, 0.15) is 0 Å². The van der Waals surface area contributed by atoms with Gasteiger partial charge in [-0.1, -0.05) is 0 Å². The lowest BCUT2D eigenvalue weighted by Gasteiger charge is -2.36. The van der Waals surface area contributed by atoms with Gasteiger partial charge < -0.3 is 4.74 Å². The maximum atomic E-state index is 12.9. The highest BCUT2D eigenvalue weighted by Crippen LogP contribution is 2.46. The quantitative estimate of drug-likeness (QED) is 0.666. The maximum Gasteiger partial charge on any atom is 0.438 e. The zero-order valence-electron chi connectivity index (χ0n) is 10.2. The average molecular weight is 356 g/mol. The summed E-state index contributed by atoms with van der Waals surface area (Å²) in [5.74, 6) is -4.85. The van der Waals surface area contributed by atoms with Crippen LogP contribution in [-0.4, -0.2) is 36.7 Å². The van der Waals surface area contributed by atoms with Crippen LogP contribution >= 0.6 is 0 Å². The van der Waals surface area contributed by atoms with Crippen LogP contribution in [0.3, 0.4) is 0 Å². The van der Waals surface area contributed by atoms with E-state index < -0.39 is 45.4 Å². The molecule has 0 saturated carbocycles. The SMILES string of the molecule is O=S(=O)(O)CC(Oc1ccc(F)cc1)(C(F)(F)F)C(F)(F)F. The molecule has 0 aliphatic carbocycles. The van der Waals surface area contributed by atoms with E-state index in [1.54, 1.807) is 0 Å². The molecule has 0 unspecified atom stereocenters. The predicted molar refractivity (Wildman–Crippen MR) is 58.3 cm³/mol. The molecular formula is C10H7F7O4S. The largest absolute Gasteiger partial charge is 0.468 e. The van der Waals surface area contributed by atoms with Crippen LogP contribution in [-0.2, 0) is 10.1 Å². The molecule has 0 spiro atoms. The first-order valence-corrected chi connectivity index (χ1v) is 6.82. The first-order chi connectivity index (χ1) is 9.68. The highest BCUT2D eigenvalue weighted by atomic mass is 32.2. The van der Waals surface area contributed by atoms with Gasteiger partial charge in [-0.2, -0.15) is 34.8 Å². The summed E-state index contributed by atoms with van der Waals surface area (Å²) in [6, 6.07) is 1.93. The number of hydrogen-bond acceptors (Lipinski definition) is 3. The fourth-order valence-electron chi connectivity index (χ4n) is 1.43. The van der Waals surface area contributed by atoms with Crippen molar-refractivity contribution in [1.29, 1.82) is 0 Å². The fraction of sp³-hybridized carbons (Fsp3) is 0.400. The van der Waals surface area contributed by atoms with Crippen LogP contribution in [0.4, 0.5) is 30.7 Å². The summed E-state index contributed by atoms with van der Waals surface area (Å²) in [4.78, 5) is 0. The lowest BCUT2D eigenvalue weighted by Crippen LogP contribution is -2.64. The standard InChI is InChI=1S/C10H7F7O4S/c11-6-1-3-7(4-2-6)21-8(9(12,13)14,10(15,16)17)5-22(18,19)20/h1-4H,5H2,(H,18,19,20). The third-order valence-electron chi connectivity index (χ3n) is 2.41. The molecule has 1 aromatic carbocycles. The van der Waals surface area contributed by atoms with Gasteiger partial charge in [0.2, 0.25) is 0 Å². The number of benzene rings is 1. The molecule has 0 radical (unpaired) electrons. The van der Waals surface area contributed by atoms with Gasteiger partial charge in [0.15, 0.2) is 0 Å². The Kier molecular flexibility index (Phi) is 4.68. The molecule has 0 fully saturated rings. The van der Waals surface area contributed by atoms with E-state index in [-0.39, 0.29) is 0 Å². The van der Waals surface area contributed by atoms with E-state index in [9.17, 15) is 39.2 Å². The second-order valence-corrected chi connectivity index (χ2v) is 5.56. The Morgan fingerprint density at radius 3 is 1.68 bits per heavy atom. The topological polar surface area (TPSA) is 63.6 Å². The fourth-order valence-corrected chi connectivity index (χ4v) is 2.33. The Balaban J connectivity index is 3.45. The smallest absolute Gasteiger partial charge is 0.438 e. The molecule has 22 heavy (non-hydrogen) atoms. The normalized spacial score (nSPS) is 14.0. The van der Waals surface area contributed by atoms with Crippen molar-refractivity contribution >= 4 is 10.1 Å². The van der Waals surface area contributed by atoms with Gasteiger partial charge in [0, 0.05) is 0 Å². The van der Waals surface area contributed by atoms with Crippen molar-refractivity contribution in [3.05, 3.63) is 30.1 Å². The molecule has 0 saturated heterocycles. The average Bonchev–Trinajstić information content (AvgIpc) is 2.26. The molecule has 0 atom stereocenters. The van der Waals surface area contributed by atoms with Gasteiger partial charge >= 0.3 is 18.0 Å². The molecule has 0 heterocycles. The number of rotatable bonds is 4. The summed E-state index contributed by atoms with van der Waals surface area (Å²) in [5.41, 5.74) is -5.20. The monoisotopic (exact) mass is 356 g/mol. The molecule has 0 aromatic heterocycles. The van der Waals surface area contributed by atoms with Crippen molar-refractivity contribution in [2.75, 3.05) is 5.75 Å². The summed E-state index contributed by atoms with van der Waals surface area (Å²) in [6.07, 6.45) is -12.5. The van der Waals surface area contributed by atoms with Gasteiger partial charge in [0.05, 0.1) is 0 Å². The molecule has 1 aromatic rings. The summed E-state index contributed by atoms with van der Waals surface area (Å²) < 4.78 is 123. The van der Waals surface area contributed by atoms with Gasteiger partial charge in [-0.25, -0.2) is 4.39 Å². The molecule has 4 nitrogen and oxygen atoms in total. The predicted octanol–water partition coefficient (Wildman–Crippen LogP) is 2.96. The second kappa shape index (κ2) is 5.57. The van der Waals surface area contributed by atoms with Crippen molar-refractivity contribution in [2.45, 2.75) is 18.0 Å². The maximum absolute atomic E-state index is 12.9. The Morgan fingerprint density at radius 2 is 1.36 bits per heavy atom. The molecule has 126 valence electrons. The van der Waals surface area contributed by atoms with Gasteiger partial charge in [0.1, 0.15) is 17.3 Å². The van der Waals surface area contributed by atoms with Gasteiger partial charge in [0.25, 0.3) is 10.1 Å². The minimum Gasteiger partial charge on any atom is -0.468 e. The Hall–Kier alpha value is -1.56. The van der Waals surface area contributed by atoms with Crippen LogP contribution in [0.25, 0.3) is 0 Å². The van der Waals surface area contributed by atoms with Crippen molar-refractivity contribution in [2.24, 2.45) is 0 Å². The summed E-state index contributed by atoms with van der Waals surface area (Å²) in [5, 5.41) is 0. The van der Waals surface area contributed by atoms with Crippen molar-refractivity contribution in [3.8, 4) is 5.75 Å². The first kappa shape index (κ1) is 18.5. The number of alkyl halides is 6. The molecule has 1 N–H and O–H groups in total. The Labute approximate surface area is 119 Å². The van der Waals surface area contributed by atoms with E-state index in [0.717, 1.165) is 0 Å². The molecule has 12 heteroatoms. The van der Waals surface area contributed by atoms with Crippen LogP contribution < -0.4 is 4.74 Å². The van der Waals surface area contributed by atoms with Crippen LogP contribution in [0.15, 0.2) is 24.3 Å². The number of halogens is 7. The third-order valence-corrected chi connectivity index (χ3v) is 3.18. The van der Waals surface area contributed by atoms with Crippen molar-refractivity contribution in [1.82, 2.24) is 0 Å². The van der Waals surface area contributed by atoms with E-state index >= 15 is 0 Å². The minimum absolute atomic E-state index is 0.450. The van der Waals surface area contributed by atoms with E-state index in [2.05, 4.69) is 4.74 Å². The molecule has 1 rings (SSSR count). The highest BCUT2D eigenvalue weighted by molar-refractivity contribution is 7.85. The van der Waals surface area contributed by atoms with E-state index in [1.165, 1.54) is 0 Å². The van der Waals surface area contributed by atoms with Crippen LogP contribution in [0.2, 0.25) is 0 Å². The van der Waals surface area contributed by atoms with Crippen LogP contribution in [0, 0.1) is 5.82 Å².